The molecule has 2 unspecified atom stereocenters. The number of aldehydes is 1. The number of benzene rings is 3. The predicted octanol–water partition coefficient (Wildman–Crippen LogP) is 6.24. The van der Waals surface area contributed by atoms with E-state index >= 15 is 0 Å². The Kier molecular flexibility index (Phi) is 20.9. The smallest absolute Gasteiger partial charge is 0.122 e. The zero-order valence-electron chi connectivity index (χ0n) is 24.0. The van der Waals surface area contributed by atoms with Crippen LogP contribution in [0.5, 0.6) is 0 Å². The molecule has 0 amide bonds. The van der Waals surface area contributed by atoms with Gasteiger partial charge in [0, 0.05) is 20.0 Å². The van der Waals surface area contributed by atoms with Crippen LogP contribution < -0.4 is 0 Å². The fraction of sp³-hybridized carbons (Fsp3) is 0.286. The van der Waals surface area contributed by atoms with E-state index in [4.69, 9.17) is 24.4 Å². The molecule has 0 bridgehead atoms. The molecular formula is C35H44O6. The molecule has 0 saturated heterocycles. The maximum absolute atomic E-state index is 10.9. The summed E-state index contributed by atoms with van der Waals surface area (Å²) < 4.78 is 17.1. The SMILES string of the molecule is C=C/C=C(\C=C)CO.COC(COCc1ccccc1)CC(CC=O)OCc1ccccc1.OCc1ccccc1. The molecule has 0 spiro atoms. The standard InChI is InChI=1S/C21H26O4.C7H8O.C7H10O/c1-23-21(17-24-15-18-8-4-2-5-9-18)14-20(12-13-22)25-16-19-10-6-3-7-11-19;8-6-7-4-2-1-3-5-7;1-3-5-7(4-2)6-8/h2-11,13,20-21H,12,14-17H2,1H3;1-5,8H,6H2;3-5,8H,1-2,6H2/b;;7-5+. The molecule has 0 fully saturated rings. The van der Waals surface area contributed by atoms with Crippen LogP contribution in [0.2, 0.25) is 0 Å². The maximum atomic E-state index is 10.9. The van der Waals surface area contributed by atoms with Crippen molar-refractivity contribution in [2.75, 3.05) is 20.3 Å². The van der Waals surface area contributed by atoms with Gasteiger partial charge in [0.2, 0.25) is 0 Å². The number of allylic oxidation sites excluding steroid dienone is 2. The summed E-state index contributed by atoms with van der Waals surface area (Å²) in [4.78, 5) is 10.9. The number of rotatable bonds is 16. The molecule has 0 aliphatic rings. The first-order valence-corrected chi connectivity index (χ1v) is 13.5. The number of hydrogen-bond acceptors (Lipinski definition) is 6. The van der Waals surface area contributed by atoms with E-state index in [1.165, 1.54) is 0 Å². The van der Waals surface area contributed by atoms with E-state index in [0.717, 1.165) is 28.5 Å². The van der Waals surface area contributed by atoms with Crippen LogP contribution in [-0.2, 0) is 38.8 Å². The lowest BCUT2D eigenvalue weighted by atomic mass is 10.1. The summed E-state index contributed by atoms with van der Waals surface area (Å²) >= 11 is 0. The van der Waals surface area contributed by atoms with Crippen molar-refractivity contribution >= 4 is 6.29 Å². The van der Waals surface area contributed by atoms with Gasteiger partial charge in [0.25, 0.3) is 0 Å². The normalized spacial score (nSPS) is 12.0. The van der Waals surface area contributed by atoms with E-state index < -0.39 is 0 Å². The largest absolute Gasteiger partial charge is 0.392 e. The Bertz CT molecular complexity index is 1080. The molecule has 6 nitrogen and oxygen atoms in total. The monoisotopic (exact) mass is 560 g/mol. The molecule has 0 saturated carbocycles. The number of aliphatic hydroxyl groups excluding tert-OH is 2. The van der Waals surface area contributed by atoms with Crippen LogP contribution in [-0.4, -0.2) is 49.0 Å². The highest BCUT2D eigenvalue weighted by Gasteiger charge is 2.17. The number of aliphatic hydroxyl groups is 2. The van der Waals surface area contributed by atoms with Gasteiger partial charge >= 0.3 is 0 Å². The molecule has 2 atom stereocenters. The second-order valence-corrected chi connectivity index (χ2v) is 8.90. The van der Waals surface area contributed by atoms with Gasteiger partial charge in [0.05, 0.1) is 45.2 Å². The Balaban J connectivity index is 0.000000426. The van der Waals surface area contributed by atoms with Crippen LogP contribution in [0.3, 0.4) is 0 Å². The zero-order valence-corrected chi connectivity index (χ0v) is 24.0. The van der Waals surface area contributed by atoms with Gasteiger partial charge in [-0.1, -0.05) is 122 Å². The second kappa shape index (κ2) is 24.2. The second-order valence-electron chi connectivity index (χ2n) is 8.90. The van der Waals surface area contributed by atoms with Gasteiger partial charge in [-0.3, -0.25) is 0 Å². The molecule has 0 aliphatic carbocycles. The summed E-state index contributed by atoms with van der Waals surface area (Å²) in [6.45, 7) is 8.61. The van der Waals surface area contributed by atoms with Crippen molar-refractivity contribution in [2.45, 2.75) is 44.9 Å². The van der Waals surface area contributed by atoms with Crippen LogP contribution in [0.15, 0.2) is 128 Å². The third-order valence-electron chi connectivity index (χ3n) is 5.76. The molecule has 3 aromatic rings. The van der Waals surface area contributed by atoms with Gasteiger partial charge in [0.15, 0.2) is 0 Å². The lowest BCUT2D eigenvalue weighted by molar-refractivity contribution is -0.112. The van der Waals surface area contributed by atoms with Crippen LogP contribution in [0, 0.1) is 0 Å². The average Bonchev–Trinajstić information content (AvgIpc) is 3.04. The highest BCUT2D eigenvalue weighted by Crippen LogP contribution is 2.13. The Morgan fingerprint density at radius 2 is 1.34 bits per heavy atom. The van der Waals surface area contributed by atoms with Crippen molar-refractivity contribution in [3.63, 3.8) is 0 Å². The van der Waals surface area contributed by atoms with Gasteiger partial charge in [-0.25, -0.2) is 0 Å². The average molecular weight is 561 g/mol. The molecule has 0 aliphatic heterocycles. The Labute approximate surface area is 245 Å². The highest BCUT2D eigenvalue weighted by atomic mass is 16.5. The van der Waals surface area contributed by atoms with Crippen molar-refractivity contribution in [3.05, 3.63) is 145 Å². The molecule has 3 rings (SSSR count). The molecular weight excluding hydrogens is 516 g/mol. The summed E-state index contributed by atoms with van der Waals surface area (Å²) in [7, 11) is 1.66. The fourth-order valence-corrected chi connectivity index (χ4v) is 3.46. The Hall–Kier alpha value is -3.65. The molecule has 41 heavy (non-hydrogen) atoms. The Morgan fingerprint density at radius 1 is 0.805 bits per heavy atom. The first kappa shape index (κ1) is 35.4. The lowest BCUT2D eigenvalue weighted by Gasteiger charge is -2.22. The van der Waals surface area contributed by atoms with Crippen molar-refractivity contribution in [1.82, 2.24) is 0 Å². The molecule has 0 aromatic heterocycles. The third-order valence-corrected chi connectivity index (χ3v) is 5.76. The molecule has 220 valence electrons. The van der Waals surface area contributed by atoms with Crippen LogP contribution in [0.1, 0.15) is 29.5 Å². The maximum Gasteiger partial charge on any atom is 0.122 e. The molecule has 0 heterocycles. The lowest BCUT2D eigenvalue weighted by Crippen LogP contribution is -2.26. The zero-order chi connectivity index (χ0) is 30.0. The van der Waals surface area contributed by atoms with E-state index in [0.29, 0.717) is 32.7 Å². The highest BCUT2D eigenvalue weighted by molar-refractivity contribution is 5.50. The number of ether oxygens (including phenoxy) is 3. The van der Waals surface area contributed by atoms with Crippen molar-refractivity contribution in [1.29, 1.82) is 0 Å². The molecule has 3 aromatic carbocycles. The first-order valence-electron chi connectivity index (χ1n) is 13.5. The molecule has 0 radical (unpaired) electrons. The van der Waals surface area contributed by atoms with Crippen molar-refractivity contribution < 1.29 is 29.2 Å². The van der Waals surface area contributed by atoms with Gasteiger partial charge < -0.3 is 29.2 Å². The predicted molar refractivity (Wildman–Crippen MR) is 165 cm³/mol. The summed E-state index contributed by atoms with van der Waals surface area (Å²) in [6, 6.07) is 29.5. The minimum absolute atomic E-state index is 0.0372. The van der Waals surface area contributed by atoms with E-state index in [1.54, 1.807) is 25.3 Å². The van der Waals surface area contributed by atoms with Crippen molar-refractivity contribution in [2.24, 2.45) is 0 Å². The number of carbonyl (C=O) groups excluding carboxylic acids is 1. The molecule has 6 heteroatoms. The number of methoxy groups -OCH3 is 1. The quantitative estimate of drug-likeness (QED) is 0.159. The van der Waals surface area contributed by atoms with E-state index in [9.17, 15) is 4.79 Å². The van der Waals surface area contributed by atoms with Gasteiger partial charge in [-0.2, -0.15) is 0 Å². The van der Waals surface area contributed by atoms with E-state index in [2.05, 4.69) is 13.2 Å². The van der Waals surface area contributed by atoms with Crippen LogP contribution in [0.25, 0.3) is 0 Å². The van der Waals surface area contributed by atoms with Crippen molar-refractivity contribution in [3.8, 4) is 0 Å². The summed E-state index contributed by atoms with van der Waals surface area (Å²) in [5.74, 6) is 0. The van der Waals surface area contributed by atoms with Gasteiger partial charge in [0.1, 0.15) is 6.29 Å². The summed E-state index contributed by atoms with van der Waals surface area (Å²) in [5.41, 5.74) is 3.97. The van der Waals surface area contributed by atoms with Gasteiger partial charge in [-0.15, -0.1) is 0 Å². The number of carbonyl (C=O) groups is 1. The van der Waals surface area contributed by atoms with Crippen LogP contribution >= 0.6 is 0 Å². The summed E-state index contributed by atoms with van der Waals surface area (Å²) in [6.07, 6.45) is 6.52. The topological polar surface area (TPSA) is 85.2 Å². The third kappa shape index (κ3) is 17.6. The summed E-state index contributed by atoms with van der Waals surface area (Å²) in [5, 5.41) is 17.0. The van der Waals surface area contributed by atoms with E-state index in [1.807, 2.05) is 91.0 Å². The molecule has 2 N–H and O–H groups in total. The number of hydrogen-bond donors (Lipinski definition) is 2. The fourth-order valence-electron chi connectivity index (χ4n) is 3.46. The first-order chi connectivity index (χ1) is 20.1. The minimum atomic E-state index is -0.178. The minimum Gasteiger partial charge on any atom is -0.392 e. The van der Waals surface area contributed by atoms with Crippen LogP contribution in [0.4, 0.5) is 0 Å². The van der Waals surface area contributed by atoms with Gasteiger partial charge in [-0.05, 0) is 22.3 Å². The van der Waals surface area contributed by atoms with E-state index in [-0.39, 0.29) is 25.4 Å². The Morgan fingerprint density at radius 3 is 1.73 bits per heavy atom.